The number of nitrogens with two attached hydrogens (primary N) is 1. The molecule has 7 heteroatoms. The van der Waals surface area contributed by atoms with Crippen LogP contribution in [0.25, 0.3) is 10.2 Å². The molecule has 1 atom stereocenters. The predicted molar refractivity (Wildman–Crippen MR) is 72.8 cm³/mol. The number of aromatic nitrogens is 2. The number of hydrogen-bond acceptors (Lipinski definition) is 7. The second-order valence-electron chi connectivity index (χ2n) is 3.93. The first kappa shape index (κ1) is 13.0. The molecule has 2 aromatic heterocycles. The first-order valence-corrected chi connectivity index (χ1v) is 6.54. The molecule has 98 valence electrons. The summed E-state index contributed by atoms with van der Waals surface area (Å²) in [6, 6.07) is 2.02. The van der Waals surface area contributed by atoms with Crippen molar-refractivity contribution in [1.29, 1.82) is 0 Å². The Morgan fingerprint density at radius 3 is 2.94 bits per heavy atom. The highest BCUT2D eigenvalue weighted by atomic mass is 32.1. The quantitative estimate of drug-likeness (QED) is 0.633. The van der Waals surface area contributed by atoms with E-state index >= 15 is 0 Å². The average molecular weight is 268 g/mol. The van der Waals surface area contributed by atoms with Gasteiger partial charge < -0.3 is 21.3 Å². The molecular formula is C11H16N4O2S. The molecule has 6 nitrogen and oxygen atoms in total. The number of aliphatic hydroxyl groups is 2. The number of hydrogen-bond donors (Lipinski definition) is 4. The van der Waals surface area contributed by atoms with E-state index in [1.165, 1.54) is 4.88 Å². The highest BCUT2D eigenvalue weighted by molar-refractivity contribution is 7.18. The van der Waals surface area contributed by atoms with Crippen LogP contribution in [0.15, 0.2) is 6.07 Å². The maximum Gasteiger partial charge on any atom is 0.223 e. The molecule has 0 saturated heterocycles. The highest BCUT2D eigenvalue weighted by Crippen LogP contribution is 2.29. The monoisotopic (exact) mass is 268 g/mol. The maximum absolute atomic E-state index is 9.33. The largest absolute Gasteiger partial charge is 0.394 e. The molecule has 5 N–H and O–H groups in total. The van der Waals surface area contributed by atoms with Gasteiger partial charge in [0.2, 0.25) is 5.95 Å². The first-order chi connectivity index (χ1) is 8.63. The van der Waals surface area contributed by atoms with Crippen molar-refractivity contribution in [3.05, 3.63) is 10.9 Å². The van der Waals surface area contributed by atoms with Crippen molar-refractivity contribution >= 4 is 33.3 Å². The van der Waals surface area contributed by atoms with Gasteiger partial charge >= 0.3 is 0 Å². The third-order valence-electron chi connectivity index (χ3n) is 2.53. The number of anilines is 2. The Bertz CT molecular complexity index is 543. The fourth-order valence-corrected chi connectivity index (χ4v) is 2.55. The number of rotatable bonds is 5. The fraction of sp³-hybridized carbons (Fsp3) is 0.455. The highest BCUT2D eigenvalue weighted by Gasteiger charge is 2.11. The Labute approximate surface area is 108 Å². The molecule has 0 aromatic carbocycles. The van der Waals surface area contributed by atoms with E-state index in [4.69, 9.17) is 10.8 Å². The Hall–Kier alpha value is -1.44. The van der Waals surface area contributed by atoms with Crippen molar-refractivity contribution < 1.29 is 10.2 Å². The van der Waals surface area contributed by atoms with E-state index in [2.05, 4.69) is 22.2 Å². The lowest BCUT2D eigenvalue weighted by atomic mass is 10.3. The summed E-state index contributed by atoms with van der Waals surface area (Å²) >= 11 is 1.58. The van der Waals surface area contributed by atoms with E-state index in [1.807, 2.05) is 6.07 Å². The number of fused-ring (bicyclic) bond motifs is 1. The third-order valence-corrected chi connectivity index (χ3v) is 3.70. The minimum atomic E-state index is -0.819. The van der Waals surface area contributed by atoms with Crippen molar-refractivity contribution in [3.8, 4) is 0 Å². The van der Waals surface area contributed by atoms with Gasteiger partial charge in [-0.15, -0.1) is 11.3 Å². The van der Waals surface area contributed by atoms with Crippen LogP contribution in [0.4, 0.5) is 11.8 Å². The van der Waals surface area contributed by atoms with Gasteiger partial charge in [0.25, 0.3) is 0 Å². The van der Waals surface area contributed by atoms with Crippen molar-refractivity contribution in [2.24, 2.45) is 0 Å². The molecule has 0 saturated carbocycles. The topological polar surface area (TPSA) is 104 Å². The van der Waals surface area contributed by atoms with Crippen molar-refractivity contribution in [3.63, 3.8) is 0 Å². The second-order valence-corrected chi connectivity index (χ2v) is 5.05. The Kier molecular flexibility index (Phi) is 3.95. The van der Waals surface area contributed by atoms with E-state index < -0.39 is 6.10 Å². The van der Waals surface area contributed by atoms with Gasteiger partial charge in [-0.1, -0.05) is 6.92 Å². The van der Waals surface area contributed by atoms with Crippen molar-refractivity contribution in [2.75, 3.05) is 24.2 Å². The SMILES string of the molecule is CCc1cc2c(NCC(O)CO)nc(N)nc2s1. The third kappa shape index (κ3) is 2.69. The number of aliphatic hydroxyl groups excluding tert-OH is 2. The average Bonchev–Trinajstić information content (AvgIpc) is 2.78. The molecule has 18 heavy (non-hydrogen) atoms. The molecule has 0 bridgehead atoms. The van der Waals surface area contributed by atoms with Gasteiger partial charge in [-0.25, -0.2) is 4.98 Å². The summed E-state index contributed by atoms with van der Waals surface area (Å²) in [5, 5.41) is 22.0. The Morgan fingerprint density at radius 1 is 1.50 bits per heavy atom. The molecular weight excluding hydrogens is 252 g/mol. The molecule has 1 unspecified atom stereocenters. The Balaban J connectivity index is 2.32. The Morgan fingerprint density at radius 2 is 2.28 bits per heavy atom. The number of nitrogen functional groups attached to an aromatic ring is 1. The van der Waals surface area contributed by atoms with E-state index in [1.54, 1.807) is 11.3 Å². The zero-order valence-corrected chi connectivity index (χ0v) is 10.9. The summed E-state index contributed by atoms with van der Waals surface area (Å²) in [7, 11) is 0. The summed E-state index contributed by atoms with van der Waals surface area (Å²) in [5.41, 5.74) is 5.65. The summed E-state index contributed by atoms with van der Waals surface area (Å²) in [6.07, 6.45) is 0.111. The lowest BCUT2D eigenvalue weighted by Crippen LogP contribution is -2.23. The zero-order chi connectivity index (χ0) is 13.1. The normalized spacial score (nSPS) is 12.8. The van der Waals surface area contributed by atoms with Crippen LogP contribution < -0.4 is 11.1 Å². The van der Waals surface area contributed by atoms with Gasteiger partial charge in [0.15, 0.2) is 0 Å². The van der Waals surface area contributed by atoms with Gasteiger partial charge in [0, 0.05) is 11.4 Å². The van der Waals surface area contributed by atoms with Crippen LogP contribution in [0.2, 0.25) is 0 Å². The van der Waals surface area contributed by atoms with Crippen LogP contribution in [0.1, 0.15) is 11.8 Å². The first-order valence-electron chi connectivity index (χ1n) is 5.72. The van der Waals surface area contributed by atoms with Crippen molar-refractivity contribution in [2.45, 2.75) is 19.4 Å². The predicted octanol–water partition coefficient (Wildman–Crippen LogP) is 0.601. The number of nitrogens with one attached hydrogen (secondary N) is 1. The van der Waals surface area contributed by atoms with Gasteiger partial charge in [0.05, 0.1) is 18.1 Å². The van der Waals surface area contributed by atoms with Gasteiger partial charge in [-0.2, -0.15) is 4.98 Å². The number of aryl methyl sites for hydroxylation is 1. The van der Waals surface area contributed by atoms with E-state index in [0.717, 1.165) is 16.6 Å². The zero-order valence-electron chi connectivity index (χ0n) is 10.1. The minimum Gasteiger partial charge on any atom is -0.394 e. The molecule has 0 amide bonds. The van der Waals surface area contributed by atoms with Gasteiger partial charge in [-0.3, -0.25) is 0 Å². The maximum atomic E-state index is 9.33. The molecule has 0 fully saturated rings. The van der Waals surface area contributed by atoms with Crippen LogP contribution in [-0.2, 0) is 6.42 Å². The summed E-state index contributed by atoms with van der Waals surface area (Å²) in [4.78, 5) is 10.3. The molecule has 0 aliphatic carbocycles. The van der Waals surface area contributed by atoms with E-state index in [-0.39, 0.29) is 19.1 Å². The van der Waals surface area contributed by atoms with Gasteiger partial charge in [0.1, 0.15) is 10.6 Å². The molecule has 0 radical (unpaired) electrons. The van der Waals surface area contributed by atoms with Gasteiger partial charge in [-0.05, 0) is 12.5 Å². The second kappa shape index (κ2) is 5.47. The molecule has 0 aliphatic heterocycles. The number of nitrogens with zero attached hydrogens (tertiary/aromatic N) is 2. The molecule has 0 spiro atoms. The number of thiophene rings is 1. The molecule has 2 rings (SSSR count). The smallest absolute Gasteiger partial charge is 0.223 e. The molecule has 2 aromatic rings. The van der Waals surface area contributed by atoms with E-state index in [0.29, 0.717) is 5.82 Å². The van der Waals surface area contributed by atoms with E-state index in [9.17, 15) is 5.11 Å². The molecule has 0 aliphatic rings. The summed E-state index contributed by atoms with van der Waals surface area (Å²) < 4.78 is 0. The molecule has 2 heterocycles. The lowest BCUT2D eigenvalue weighted by Gasteiger charge is -2.10. The van der Waals surface area contributed by atoms with Crippen LogP contribution in [0.5, 0.6) is 0 Å². The van der Waals surface area contributed by atoms with Crippen LogP contribution in [-0.4, -0.2) is 39.4 Å². The van der Waals surface area contributed by atoms with Crippen LogP contribution >= 0.6 is 11.3 Å². The van der Waals surface area contributed by atoms with Crippen LogP contribution in [0.3, 0.4) is 0 Å². The van der Waals surface area contributed by atoms with Crippen LogP contribution in [0, 0.1) is 0 Å². The summed E-state index contributed by atoms with van der Waals surface area (Å²) in [6.45, 7) is 2.00. The summed E-state index contributed by atoms with van der Waals surface area (Å²) in [5.74, 6) is 0.800. The minimum absolute atomic E-state index is 0.202. The van der Waals surface area contributed by atoms with Crippen molar-refractivity contribution in [1.82, 2.24) is 9.97 Å². The standard InChI is InChI=1S/C11H16N4O2S/c1-2-7-3-8-9(13-4-6(17)5-16)14-11(12)15-10(8)18-7/h3,6,16-17H,2,4-5H2,1H3,(H3,12,13,14,15). The lowest BCUT2D eigenvalue weighted by molar-refractivity contribution is 0.105. The fourth-order valence-electron chi connectivity index (χ4n) is 1.58.